The number of methoxy groups -OCH3 is 1. The Hall–Kier alpha value is -7.85. The lowest BCUT2D eigenvalue weighted by atomic mass is 9.64. The molecule has 0 bridgehead atoms. The summed E-state index contributed by atoms with van der Waals surface area (Å²) in [7, 11) is 1.45. The molecule has 1 aromatic heterocycles. The molecular formula is C51H50N8O10. The van der Waals surface area contributed by atoms with Crippen LogP contribution in [-0.4, -0.2) is 127 Å². The Kier molecular flexibility index (Phi) is 13.5. The first kappa shape index (κ1) is 46.3. The van der Waals surface area contributed by atoms with Crippen molar-refractivity contribution in [2.45, 2.75) is 29.6 Å². The fourth-order valence-corrected chi connectivity index (χ4v) is 10.2. The molecule has 3 fully saturated rings. The first-order valence-electron chi connectivity index (χ1n) is 22.6. The van der Waals surface area contributed by atoms with Crippen LogP contribution >= 0.6 is 0 Å². The van der Waals surface area contributed by atoms with Crippen LogP contribution in [0.1, 0.15) is 46.0 Å². The molecule has 9 rings (SSSR count). The highest BCUT2D eigenvalue weighted by atomic mass is 16.6. The molecule has 4 aliphatic heterocycles. The number of aromatic nitrogens is 2. The van der Waals surface area contributed by atoms with Gasteiger partial charge in [-0.2, -0.15) is 0 Å². The molecule has 3 saturated heterocycles. The summed E-state index contributed by atoms with van der Waals surface area (Å²) in [5.74, 6) is 3.15. The van der Waals surface area contributed by atoms with Gasteiger partial charge in [0.1, 0.15) is 36.5 Å². The van der Waals surface area contributed by atoms with Gasteiger partial charge in [-0.1, -0.05) is 84.6 Å². The summed E-state index contributed by atoms with van der Waals surface area (Å²) in [5, 5.41) is 12.3. The molecule has 354 valence electrons. The number of nitrogens with zero attached hydrogens (tertiary/aromatic N) is 6. The number of benzene rings is 4. The fraction of sp³-hybridized carbons (Fsp3) is 0.314. The topological polar surface area (TPSA) is 219 Å². The number of aliphatic hydroxyl groups excluding tert-OH is 1. The Morgan fingerprint density at radius 3 is 2.25 bits per heavy atom. The summed E-state index contributed by atoms with van der Waals surface area (Å²) in [6.07, 6.45) is 1.32. The van der Waals surface area contributed by atoms with Crippen molar-refractivity contribution in [2.24, 2.45) is 11.7 Å². The van der Waals surface area contributed by atoms with Crippen LogP contribution in [0.4, 0.5) is 21.2 Å². The van der Waals surface area contributed by atoms with E-state index < -0.39 is 65.5 Å². The minimum Gasteiger partial charge on any atom is -0.491 e. The predicted octanol–water partition coefficient (Wildman–Crippen LogP) is 3.66. The van der Waals surface area contributed by atoms with Crippen LogP contribution in [0.3, 0.4) is 0 Å². The number of carbonyl (C=O) groups excluding carboxylic acids is 5. The van der Waals surface area contributed by atoms with E-state index in [1.807, 2.05) is 70.5 Å². The highest BCUT2D eigenvalue weighted by molar-refractivity contribution is 6.23. The summed E-state index contributed by atoms with van der Waals surface area (Å²) in [5.41, 5.74) is 5.82. The zero-order valence-electron chi connectivity index (χ0n) is 37.7. The zero-order chi connectivity index (χ0) is 48.1. The number of piperazine rings is 1. The maximum absolute atomic E-state index is 16.5. The van der Waals surface area contributed by atoms with Gasteiger partial charge in [0, 0.05) is 51.2 Å². The fourth-order valence-electron chi connectivity index (χ4n) is 10.2. The van der Waals surface area contributed by atoms with Crippen molar-refractivity contribution in [3.05, 3.63) is 149 Å². The van der Waals surface area contributed by atoms with Gasteiger partial charge in [-0.05, 0) is 58.7 Å². The van der Waals surface area contributed by atoms with E-state index in [0.717, 1.165) is 10.5 Å². The lowest BCUT2D eigenvalue weighted by Gasteiger charge is -2.46. The van der Waals surface area contributed by atoms with E-state index in [4.69, 9.17) is 24.7 Å². The lowest BCUT2D eigenvalue weighted by molar-refractivity contribution is -0.179. The van der Waals surface area contributed by atoms with E-state index in [2.05, 4.69) is 27.1 Å². The van der Waals surface area contributed by atoms with Gasteiger partial charge in [-0.3, -0.25) is 19.3 Å². The van der Waals surface area contributed by atoms with Crippen LogP contribution < -0.4 is 25.6 Å². The number of hydrogen-bond acceptors (Lipinski definition) is 14. The molecule has 18 heteroatoms. The van der Waals surface area contributed by atoms with E-state index in [1.165, 1.54) is 7.11 Å². The Bertz CT molecular complexity index is 2770. The number of anilines is 2. The van der Waals surface area contributed by atoms with E-state index >= 15 is 14.4 Å². The molecule has 0 radical (unpaired) electrons. The molecule has 6 atom stereocenters. The van der Waals surface area contributed by atoms with Gasteiger partial charge in [0.15, 0.2) is 0 Å². The molecule has 0 unspecified atom stereocenters. The third-order valence-corrected chi connectivity index (χ3v) is 13.0. The standard InChI is InChI=1S/C51H50N8O10/c1-66-29-30-68-50(65)58-39-19-18-33(11-9-20-53-48(52)64)31-38(39)51(47(58)63)40(45(61)56-23-25-57(26-24-56)49-54-21-10-22-55-49)42-46(62)69-43(35-14-6-3-7-15-35)41(34-12-4-2-5-13-34)59(42)44(51)36-16-8-17-37(32-36)67-28-27-60/h2-8,10,12-19,21-22,31-32,40-44,60H,20,23-30H2,1H3,(H3,52,53,64)/t40-,41-,42-,43+,44+,51-/m0/s1. The van der Waals surface area contributed by atoms with Crippen LogP contribution in [-0.2, 0) is 34.0 Å². The van der Waals surface area contributed by atoms with Crippen LogP contribution in [0.15, 0.2) is 122 Å². The van der Waals surface area contributed by atoms with Gasteiger partial charge in [0.2, 0.25) is 17.8 Å². The molecule has 4 N–H and O–H groups in total. The van der Waals surface area contributed by atoms with Gasteiger partial charge in [0.05, 0.1) is 43.4 Å². The number of amides is 5. The number of ether oxygens (including phenoxy) is 4. The number of fused-ring (bicyclic) bond motifs is 3. The van der Waals surface area contributed by atoms with Gasteiger partial charge < -0.3 is 44.9 Å². The summed E-state index contributed by atoms with van der Waals surface area (Å²) < 4.78 is 23.5. The number of cyclic esters (lactones) is 1. The minimum absolute atomic E-state index is 0.0331. The number of nitrogens with two attached hydrogens (primary N) is 1. The molecule has 0 aliphatic carbocycles. The van der Waals surface area contributed by atoms with Crippen molar-refractivity contribution in [2.75, 3.05) is 76.1 Å². The smallest absolute Gasteiger partial charge is 0.421 e. The number of nitrogens with one attached hydrogen (secondary N) is 1. The van der Waals surface area contributed by atoms with Crippen molar-refractivity contribution in [1.82, 2.24) is 25.1 Å². The highest BCUT2D eigenvalue weighted by Gasteiger charge is 2.76. The van der Waals surface area contributed by atoms with Crippen LogP contribution in [0.25, 0.3) is 0 Å². The quantitative estimate of drug-likeness (QED) is 0.0925. The van der Waals surface area contributed by atoms with Gasteiger partial charge in [-0.15, -0.1) is 0 Å². The normalized spacial score (nSPS) is 22.8. The van der Waals surface area contributed by atoms with Crippen LogP contribution in [0, 0.1) is 17.8 Å². The lowest BCUT2D eigenvalue weighted by Crippen LogP contribution is -2.59. The maximum atomic E-state index is 16.5. The number of urea groups is 1. The molecule has 4 aromatic carbocycles. The van der Waals surface area contributed by atoms with Gasteiger partial charge in [0.25, 0.3) is 0 Å². The van der Waals surface area contributed by atoms with Crippen molar-refractivity contribution in [1.29, 1.82) is 0 Å². The number of imide groups is 1. The first-order valence-corrected chi connectivity index (χ1v) is 22.6. The predicted molar refractivity (Wildman–Crippen MR) is 249 cm³/mol. The minimum atomic E-state index is -2.09. The number of rotatable bonds is 12. The Balaban J connectivity index is 1.32. The van der Waals surface area contributed by atoms with Gasteiger partial charge in [-0.25, -0.2) is 24.5 Å². The third kappa shape index (κ3) is 8.67. The second-order valence-corrected chi connectivity index (χ2v) is 16.8. The monoisotopic (exact) mass is 934 g/mol. The Labute approximate surface area is 397 Å². The van der Waals surface area contributed by atoms with Gasteiger partial charge >= 0.3 is 18.1 Å². The molecule has 5 heterocycles. The number of carbonyl (C=O) groups is 5. The largest absolute Gasteiger partial charge is 0.491 e. The third-order valence-electron chi connectivity index (χ3n) is 13.0. The average molecular weight is 935 g/mol. The number of esters is 1. The first-order chi connectivity index (χ1) is 33.7. The maximum Gasteiger partial charge on any atom is 0.421 e. The van der Waals surface area contributed by atoms with E-state index in [9.17, 15) is 14.7 Å². The Morgan fingerprint density at radius 2 is 1.55 bits per heavy atom. The number of hydrogen-bond donors (Lipinski definition) is 3. The number of morpholine rings is 1. The molecule has 18 nitrogen and oxygen atoms in total. The molecule has 1 spiro atoms. The van der Waals surface area contributed by atoms with E-state index in [-0.39, 0.29) is 57.3 Å². The summed E-state index contributed by atoms with van der Waals surface area (Å²) in [6.45, 7) is 0.451. The van der Waals surface area contributed by atoms with Crippen molar-refractivity contribution in [3.8, 4) is 17.6 Å². The average Bonchev–Trinajstić information content (AvgIpc) is 3.84. The Morgan fingerprint density at radius 1 is 0.841 bits per heavy atom. The van der Waals surface area contributed by atoms with E-state index in [0.29, 0.717) is 41.5 Å². The second-order valence-electron chi connectivity index (χ2n) is 16.8. The van der Waals surface area contributed by atoms with Crippen molar-refractivity contribution in [3.63, 3.8) is 0 Å². The SMILES string of the molecule is COCCOC(=O)N1C(=O)[C@@]2(c3cc(C#CCNC(N)=O)ccc31)[C@H](C(=O)N1CCN(c3ncccn3)CC1)[C@H]1C(=O)O[C@H](c3ccccc3)[C@H](c3ccccc3)N1[C@@H]2c1cccc(OCCO)c1. The van der Waals surface area contributed by atoms with Crippen LogP contribution in [0.5, 0.6) is 5.75 Å². The molecule has 5 aromatic rings. The number of aliphatic hydroxyl groups is 1. The molecular weight excluding hydrogens is 885 g/mol. The second kappa shape index (κ2) is 20.2. The highest BCUT2D eigenvalue weighted by Crippen LogP contribution is 2.66. The molecule has 4 aliphatic rings. The van der Waals surface area contributed by atoms with Crippen molar-refractivity contribution < 1.29 is 48.0 Å². The molecule has 69 heavy (non-hydrogen) atoms. The summed E-state index contributed by atoms with van der Waals surface area (Å²) in [6, 6.07) is 28.0. The van der Waals surface area contributed by atoms with Crippen LogP contribution in [0.2, 0.25) is 0 Å². The number of primary amides is 1. The summed E-state index contributed by atoms with van der Waals surface area (Å²) in [4.78, 5) is 89.6. The molecule has 5 amide bonds. The zero-order valence-corrected chi connectivity index (χ0v) is 37.7. The van der Waals surface area contributed by atoms with E-state index in [1.54, 1.807) is 65.8 Å². The summed E-state index contributed by atoms with van der Waals surface area (Å²) >= 11 is 0. The van der Waals surface area contributed by atoms with Crippen molar-refractivity contribution >= 4 is 41.5 Å². The molecule has 0 saturated carbocycles.